The highest BCUT2D eigenvalue weighted by Crippen LogP contribution is 2.38. The Kier molecular flexibility index (Phi) is 16.7. The van der Waals surface area contributed by atoms with Crippen LogP contribution >= 0.6 is 23.2 Å². The summed E-state index contributed by atoms with van der Waals surface area (Å²) in [7, 11) is 0. The maximum Gasteiger partial charge on any atom is 0.417 e. The van der Waals surface area contributed by atoms with E-state index in [1.807, 2.05) is 18.2 Å². The molecule has 78 heavy (non-hydrogen) atoms. The lowest BCUT2D eigenvalue weighted by Gasteiger charge is -2.12. The topological polar surface area (TPSA) is 208 Å². The Morgan fingerprint density at radius 2 is 1.00 bits per heavy atom. The summed E-state index contributed by atoms with van der Waals surface area (Å²) in [6, 6.07) is 36.0. The van der Waals surface area contributed by atoms with Gasteiger partial charge in [-0.05, 0) is 121 Å². The van der Waals surface area contributed by atoms with Crippen molar-refractivity contribution in [2.24, 2.45) is 4.99 Å². The molecule has 4 aromatic heterocycles. The van der Waals surface area contributed by atoms with Gasteiger partial charge in [0.05, 0.1) is 72.7 Å². The summed E-state index contributed by atoms with van der Waals surface area (Å²) in [6.45, 7) is 0. The van der Waals surface area contributed by atoms with Crippen LogP contribution in [0.5, 0.6) is 0 Å². The smallest absolute Gasteiger partial charge is 0.399 e. The molecule has 2 amide bonds. The number of benzene rings is 6. The predicted octanol–water partition coefficient (Wildman–Crippen LogP) is 14.1. The number of nitrogen functional groups attached to an aromatic ring is 1. The maximum absolute atomic E-state index is 13.2. The van der Waals surface area contributed by atoms with Gasteiger partial charge in [-0.1, -0.05) is 47.5 Å². The van der Waals surface area contributed by atoms with Crippen LogP contribution in [0.1, 0.15) is 43.0 Å². The number of urea groups is 1. The van der Waals surface area contributed by atoms with Crippen LogP contribution in [0.15, 0.2) is 188 Å². The third kappa shape index (κ3) is 13.7. The van der Waals surface area contributed by atoms with Gasteiger partial charge in [-0.2, -0.15) is 31.3 Å². The first-order valence-electron chi connectivity index (χ1n) is 22.6. The van der Waals surface area contributed by atoms with E-state index in [-0.39, 0.29) is 34.2 Å². The molecule has 0 atom stereocenters. The number of isocyanates is 1. The van der Waals surface area contributed by atoms with Crippen molar-refractivity contribution < 1.29 is 45.5 Å². The number of carbonyl (C=O) groups excluding carboxylic acids is 4. The highest BCUT2D eigenvalue weighted by molar-refractivity contribution is 6.32. The van der Waals surface area contributed by atoms with Gasteiger partial charge in [0.1, 0.15) is 0 Å². The average molecular weight is 1100 g/mol. The van der Waals surface area contributed by atoms with E-state index in [0.29, 0.717) is 56.4 Å². The minimum Gasteiger partial charge on any atom is -0.399 e. The van der Waals surface area contributed by atoms with Crippen LogP contribution in [0.2, 0.25) is 10.0 Å². The van der Waals surface area contributed by atoms with Crippen molar-refractivity contribution in [2.45, 2.75) is 12.4 Å². The van der Waals surface area contributed by atoms with E-state index in [9.17, 15) is 45.5 Å². The second-order valence-electron chi connectivity index (χ2n) is 16.4. The first-order chi connectivity index (χ1) is 37.3. The Morgan fingerprint density at radius 3 is 1.50 bits per heavy atom. The maximum atomic E-state index is 13.2. The number of nitrogens with one attached hydrogen (secondary N) is 2. The van der Waals surface area contributed by atoms with Gasteiger partial charge in [0.15, 0.2) is 11.6 Å². The van der Waals surface area contributed by atoms with E-state index in [1.165, 1.54) is 18.2 Å². The molecule has 388 valence electrons. The summed E-state index contributed by atoms with van der Waals surface area (Å²) >= 11 is 10.9. The number of hydrogen-bond acceptors (Lipinski definition) is 12. The van der Waals surface area contributed by atoms with Gasteiger partial charge in [-0.25, -0.2) is 19.6 Å². The van der Waals surface area contributed by atoms with E-state index in [0.717, 1.165) is 40.9 Å². The Hall–Kier alpha value is -9.75. The molecule has 0 aliphatic rings. The van der Waals surface area contributed by atoms with Gasteiger partial charge < -0.3 is 16.4 Å². The molecule has 0 fully saturated rings. The first kappa shape index (κ1) is 54.5. The summed E-state index contributed by atoms with van der Waals surface area (Å²) < 4.78 is 76.0. The SMILES string of the molecule is Nc1cccc(C(=O)c2ccc3ncc(-c4cccnc4)nc3c2)c1.O=C(Nc1cccc(C(=O)c2ccc3ncc(-c4cccnc4)nc3c2)c1)Nc1ccc(Cl)c(C(F)(F)F)c1.O=C=Nc1ccc(Cl)c(C(F)(F)F)c1. The summed E-state index contributed by atoms with van der Waals surface area (Å²) in [4.78, 5) is 77.5. The van der Waals surface area contributed by atoms with Crippen molar-refractivity contribution in [3.05, 3.63) is 226 Å². The number of carbonyl (C=O) groups is 3. The summed E-state index contributed by atoms with van der Waals surface area (Å²) in [5.41, 5.74) is 11.6. The number of alkyl halides is 6. The van der Waals surface area contributed by atoms with Crippen molar-refractivity contribution in [1.29, 1.82) is 0 Å². The molecule has 0 spiro atoms. The summed E-state index contributed by atoms with van der Waals surface area (Å²) in [5, 5.41) is 3.95. The molecule has 10 rings (SSSR count). The molecule has 6 aromatic carbocycles. The number of nitrogens with zero attached hydrogens (tertiary/aromatic N) is 7. The molecule has 0 aliphatic heterocycles. The molecule has 0 radical (unpaired) electrons. The zero-order valence-electron chi connectivity index (χ0n) is 39.7. The zero-order chi connectivity index (χ0) is 55.6. The van der Waals surface area contributed by atoms with Crippen LogP contribution in [0.4, 0.5) is 53.9 Å². The number of halogens is 8. The summed E-state index contributed by atoms with van der Waals surface area (Å²) in [6.07, 6.45) is 2.03. The lowest BCUT2D eigenvalue weighted by molar-refractivity contribution is -0.138. The van der Waals surface area contributed by atoms with Crippen LogP contribution in [0, 0.1) is 0 Å². The van der Waals surface area contributed by atoms with Crippen molar-refractivity contribution in [1.82, 2.24) is 29.9 Å². The standard InChI is InChI=1S/C28H17ClF3N5O2.C20H14N4O.C8H3ClF3NO/c29-22-8-7-20(13-21(22)28(30,31)32)36-27(39)35-19-5-1-3-16(11-19)26(38)17-6-9-23-24(12-17)37-25(15-34-23)18-4-2-10-33-14-18;21-16-5-1-3-13(9-16)20(25)14-6-7-17-18(10-14)24-19(12-23-17)15-4-2-8-22-11-15;9-7-2-1-5(13-4-14)3-6(7)8(10,11)12/h1-15H,(H2,35,36,39);1-12H,21H2;1-3H. The molecule has 0 aliphatic carbocycles. The minimum absolute atomic E-state index is 0.0946. The number of amides is 2. The normalized spacial score (nSPS) is 11.0. The van der Waals surface area contributed by atoms with Crippen molar-refractivity contribution in [3.63, 3.8) is 0 Å². The molecular formula is C56H34Cl2F6N10O4. The van der Waals surface area contributed by atoms with E-state index in [1.54, 1.807) is 122 Å². The number of fused-ring (bicyclic) bond motifs is 2. The van der Waals surface area contributed by atoms with E-state index < -0.39 is 39.6 Å². The highest BCUT2D eigenvalue weighted by Gasteiger charge is 2.34. The molecule has 4 heterocycles. The zero-order valence-corrected chi connectivity index (χ0v) is 41.2. The Balaban J connectivity index is 0.000000175. The largest absolute Gasteiger partial charge is 0.417 e. The molecule has 22 heteroatoms. The predicted molar refractivity (Wildman–Crippen MR) is 283 cm³/mol. The second kappa shape index (κ2) is 23.8. The minimum atomic E-state index is -4.67. The summed E-state index contributed by atoms with van der Waals surface area (Å²) in [5.74, 6) is -0.412. The third-order valence-electron chi connectivity index (χ3n) is 11.0. The third-order valence-corrected chi connectivity index (χ3v) is 11.7. The first-order valence-corrected chi connectivity index (χ1v) is 23.4. The number of aromatic nitrogens is 6. The van der Waals surface area contributed by atoms with Crippen molar-refractivity contribution >= 4 is 91.7 Å². The number of nitrogens with two attached hydrogens (primary N) is 1. The van der Waals surface area contributed by atoms with Crippen LogP contribution in [0.3, 0.4) is 0 Å². The van der Waals surface area contributed by atoms with Crippen molar-refractivity contribution in [2.75, 3.05) is 16.4 Å². The Labute approximate surface area is 447 Å². The molecule has 4 N–H and O–H groups in total. The number of pyridine rings is 2. The van der Waals surface area contributed by atoms with Gasteiger partial charge in [0.2, 0.25) is 6.08 Å². The molecule has 0 saturated carbocycles. The fraction of sp³-hybridized carbons (Fsp3) is 0.0357. The Bertz CT molecular complexity index is 3920. The molecule has 10 aromatic rings. The van der Waals surface area contributed by atoms with E-state index >= 15 is 0 Å². The van der Waals surface area contributed by atoms with E-state index in [2.05, 4.69) is 45.5 Å². The van der Waals surface area contributed by atoms with Crippen LogP contribution in [-0.4, -0.2) is 53.6 Å². The monoisotopic (exact) mass is 1090 g/mol. The number of aliphatic imine (C=N–C) groups is 1. The fourth-order valence-electron chi connectivity index (χ4n) is 7.33. The highest BCUT2D eigenvalue weighted by atomic mass is 35.5. The van der Waals surface area contributed by atoms with Gasteiger partial charge in [0.25, 0.3) is 0 Å². The molecule has 0 bridgehead atoms. The molecule has 0 unspecified atom stereocenters. The van der Waals surface area contributed by atoms with Gasteiger partial charge >= 0.3 is 18.4 Å². The van der Waals surface area contributed by atoms with Gasteiger partial charge in [0, 0.05) is 75.2 Å². The van der Waals surface area contributed by atoms with Gasteiger partial charge in [-0.3, -0.25) is 29.5 Å². The number of hydrogen-bond donors (Lipinski definition) is 3. The van der Waals surface area contributed by atoms with Crippen molar-refractivity contribution in [3.8, 4) is 22.5 Å². The number of anilines is 3. The van der Waals surface area contributed by atoms with Gasteiger partial charge in [-0.15, -0.1) is 0 Å². The lowest BCUT2D eigenvalue weighted by Crippen LogP contribution is -2.20. The number of ketones is 2. The number of rotatable bonds is 9. The van der Waals surface area contributed by atoms with Crippen LogP contribution in [0.25, 0.3) is 44.6 Å². The quantitative estimate of drug-likeness (QED) is 0.0407. The van der Waals surface area contributed by atoms with E-state index in [4.69, 9.17) is 28.9 Å². The second-order valence-corrected chi connectivity index (χ2v) is 17.2. The lowest BCUT2D eigenvalue weighted by atomic mass is 10.0. The van der Waals surface area contributed by atoms with Crippen LogP contribution < -0.4 is 16.4 Å². The molecular weight excluding hydrogens is 1060 g/mol. The molecule has 0 saturated heterocycles. The fourth-order valence-corrected chi connectivity index (χ4v) is 7.78. The van der Waals surface area contributed by atoms with Crippen LogP contribution in [-0.2, 0) is 17.1 Å². The average Bonchev–Trinajstić information content (AvgIpc) is 3.48. The Morgan fingerprint density at radius 1 is 0.513 bits per heavy atom. The molecule has 14 nitrogen and oxygen atoms in total.